The molecule has 0 aliphatic heterocycles. The predicted molar refractivity (Wildman–Crippen MR) is 109 cm³/mol. The summed E-state index contributed by atoms with van der Waals surface area (Å²) >= 11 is 3.54. The number of hydrogen-bond donors (Lipinski definition) is 0. The van der Waals surface area contributed by atoms with Crippen molar-refractivity contribution in [3.63, 3.8) is 0 Å². The summed E-state index contributed by atoms with van der Waals surface area (Å²) < 4.78 is 17.1. The lowest BCUT2D eigenvalue weighted by Crippen LogP contribution is -2.02. The molecule has 0 radical (unpaired) electrons. The molecule has 26 heavy (non-hydrogen) atoms. The third kappa shape index (κ3) is 4.67. The first-order chi connectivity index (χ1) is 12.4. The van der Waals surface area contributed by atoms with Gasteiger partial charge in [0.1, 0.15) is 0 Å². The number of aromatic nitrogens is 1. The van der Waals surface area contributed by atoms with Gasteiger partial charge in [-0.15, -0.1) is 0 Å². The second-order valence-corrected chi connectivity index (χ2v) is 6.91. The fraction of sp³-hybridized carbons (Fsp3) is 0.286. The van der Waals surface area contributed by atoms with Gasteiger partial charge in [-0.1, -0.05) is 40.2 Å². The van der Waals surface area contributed by atoms with Crippen molar-refractivity contribution >= 4 is 22.0 Å². The lowest BCUT2D eigenvalue weighted by Gasteiger charge is -2.15. The minimum atomic E-state index is 0.400. The summed E-state index contributed by atoms with van der Waals surface area (Å²) in [4.78, 5) is 4.40. The number of aryl methyl sites for hydroxylation is 1. The van der Waals surface area contributed by atoms with Gasteiger partial charge in [-0.3, -0.25) is 0 Å². The number of hydrogen-bond acceptors (Lipinski definition) is 4. The first-order valence-electron chi connectivity index (χ1n) is 8.18. The summed E-state index contributed by atoms with van der Waals surface area (Å²) in [6.07, 6.45) is 2.77. The van der Waals surface area contributed by atoms with E-state index in [1.54, 1.807) is 21.3 Å². The summed E-state index contributed by atoms with van der Waals surface area (Å²) in [5.41, 5.74) is 5.33. The first kappa shape index (κ1) is 20.0. The van der Waals surface area contributed by atoms with Crippen molar-refractivity contribution in [2.24, 2.45) is 0 Å². The zero-order valence-corrected chi connectivity index (χ0v) is 17.4. The number of ether oxygens (including phenoxy) is 3. The van der Waals surface area contributed by atoms with Crippen LogP contribution in [0, 0.1) is 6.92 Å². The molecule has 0 amide bonds. The molecule has 138 valence electrons. The quantitative estimate of drug-likeness (QED) is 0.566. The van der Waals surface area contributed by atoms with E-state index in [1.807, 2.05) is 19.1 Å². The van der Waals surface area contributed by atoms with E-state index in [2.05, 4.69) is 52.6 Å². The Hall–Kier alpha value is -2.27. The van der Waals surface area contributed by atoms with Gasteiger partial charge in [0.15, 0.2) is 5.75 Å². The molecule has 0 aliphatic rings. The highest BCUT2D eigenvalue weighted by molar-refractivity contribution is 9.10. The van der Waals surface area contributed by atoms with Gasteiger partial charge in [-0.05, 0) is 48.7 Å². The number of methoxy groups -OCH3 is 3. The van der Waals surface area contributed by atoms with Crippen molar-refractivity contribution in [2.75, 3.05) is 21.3 Å². The van der Waals surface area contributed by atoms with Crippen molar-refractivity contribution in [1.82, 2.24) is 4.98 Å². The lowest BCUT2D eigenvalue weighted by atomic mass is 9.96. The third-order valence-corrected chi connectivity index (χ3v) is 4.59. The minimum absolute atomic E-state index is 0.400. The summed E-state index contributed by atoms with van der Waals surface area (Å²) in [7, 11) is 4.75. The Balaban J connectivity index is 2.49. The molecule has 0 saturated heterocycles. The van der Waals surface area contributed by atoms with Crippen LogP contribution in [0.5, 0.6) is 17.5 Å². The van der Waals surface area contributed by atoms with E-state index in [9.17, 15) is 0 Å². The van der Waals surface area contributed by atoms with E-state index in [-0.39, 0.29) is 0 Å². The summed E-state index contributed by atoms with van der Waals surface area (Å²) in [6, 6.07) is 8.12. The fourth-order valence-electron chi connectivity index (χ4n) is 2.58. The number of pyridine rings is 1. The molecule has 0 unspecified atom stereocenters. The lowest BCUT2D eigenvalue weighted by molar-refractivity contribution is 0.327. The van der Waals surface area contributed by atoms with E-state index >= 15 is 0 Å². The maximum Gasteiger partial charge on any atom is 0.260 e. The molecule has 0 saturated carbocycles. The number of rotatable bonds is 7. The van der Waals surface area contributed by atoms with Gasteiger partial charge in [-0.25, -0.2) is 0 Å². The number of benzene rings is 1. The van der Waals surface area contributed by atoms with Crippen LogP contribution in [0.25, 0.3) is 6.08 Å². The molecular weight excluding hydrogens is 394 g/mol. The van der Waals surface area contributed by atoms with Crippen LogP contribution in [0.2, 0.25) is 0 Å². The Morgan fingerprint density at radius 1 is 1.12 bits per heavy atom. The SMILES string of the molecule is C=C(C)/C(=C\c1cc(Br)ccc1C)Cc1cc(OC)c(OC)nc1OC. The van der Waals surface area contributed by atoms with Gasteiger partial charge in [0.05, 0.1) is 21.3 Å². The van der Waals surface area contributed by atoms with Crippen LogP contribution in [0.15, 0.2) is 46.5 Å². The standard InChI is InChI=1S/C21H24BrNO3/c1-13(2)15(9-16-11-18(22)8-7-14(16)3)10-17-12-19(24-4)21(26-6)23-20(17)25-5/h7-9,11-12H,1,10H2,2-6H3/b15-9-. The van der Waals surface area contributed by atoms with Crippen LogP contribution in [-0.2, 0) is 6.42 Å². The zero-order valence-electron chi connectivity index (χ0n) is 15.9. The highest BCUT2D eigenvalue weighted by atomic mass is 79.9. The Morgan fingerprint density at radius 2 is 1.81 bits per heavy atom. The molecule has 0 spiro atoms. The second-order valence-electron chi connectivity index (χ2n) is 6.00. The van der Waals surface area contributed by atoms with Crippen LogP contribution >= 0.6 is 15.9 Å². The molecule has 4 nitrogen and oxygen atoms in total. The maximum atomic E-state index is 5.45. The first-order valence-corrected chi connectivity index (χ1v) is 8.97. The van der Waals surface area contributed by atoms with E-state index in [1.165, 1.54) is 5.56 Å². The van der Waals surface area contributed by atoms with Crippen LogP contribution in [0.3, 0.4) is 0 Å². The molecular formula is C21H24BrNO3. The number of nitrogens with zero attached hydrogens (tertiary/aromatic N) is 1. The third-order valence-electron chi connectivity index (χ3n) is 4.10. The molecule has 0 bridgehead atoms. The fourth-order valence-corrected chi connectivity index (χ4v) is 2.96. The minimum Gasteiger partial charge on any atom is -0.491 e. The number of halogens is 1. The smallest absolute Gasteiger partial charge is 0.260 e. The largest absolute Gasteiger partial charge is 0.491 e. The normalized spacial score (nSPS) is 11.2. The Bertz CT molecular complexity index is 843. The van der Waals surface area contributed by atoms with Crippen LogP contribution in [0.4, 0.5) is 0 Å². The van der Waals surface area contributed by atoms with Crippen molar-refractivity contribution in [3.05, 3.63) is 63.2 Å². The molecule has 0 N–H and O–H groups in total. The highest BCUT2D eigenvalue weighted by Gasteiger charge is 2.15. The van der Waals surface area contributed by atoms with Gasteiger partial charge in [-0.2, -0.15) is 4.98 Å². The molecule has 0 fully saturated rings. The maximum absolute atomic E-state index is 5.45. The van der Waals surface area contributed by atoms with E-state index in [0.717, 1.165) is 26.7 Å². The average molecular weight is 418 g/mol. The summed E-state index contributed by atoms with van der Waals surface area (Å²) in [5.74, 6) is 1.49. The van der Waals surface area contributed by atoms with Gasteiger partial charge >= 0.3 is 0 Å². The van der Waals surface area contributed by atoms with Gasteiger partial charge in [0, 0.05) is 16.5 Å². The van der Waals surface area contributed by atoms with Gasteiger partial charge in [0.25, 0.3) is 5.88 Å². The number of allylic oxidation sites excluding steroid dienone is 2. The molecule has 1 heterocycles. The highest BCUT2D eigenvalue weighted by Crippen LogP contribution is 2.33. The molecule has 5 heteroatoms. The monoisotopic (exact) mass is 417 g/mol. The molecule has 2 rings (SSSR count). The zero-order chi connectivity index (χ0) is 19.3. The van der Waals surface area contributed by atoms with Gasteiger partial charge in [0.2, 0.25) is 5.88 Å². The van der Waals surface area contributed by atoms with E-state index in [4.69, 9.17) is 14.2 Å². The predicted octanol–water partition coefficient (Wildman–Crippen LogP) is 5.38. The molecule has 0 atom stereocenters. The topological polar surface area (TPSA) is 40.6 Å². The Labute approximate surface area is 163 Å². The van der Waals surface area contributed by atoms with Crippen LogP contribution in [-0.4, -0.2) is 26.3 Å². The Kier molecular flexibility index (Phi) is 6.86. The Morgan fingerprint density at radius 3 is 2.38 bits per heavy atom. The molecule has 1 aromatic heterocycles. The van der Waals surface area contributed by atoms with E-state index < -0.39 is 0 Å². The van der Waals surface area contributed by atoms with Crippen molar-refractivity contribution in [2.45, 2.75) is 20.3 Å². The van der Waals surface area contributed by atoms with Crippen molar-refractivity contribution in [1.29, 1.82) is 0 Å². The molecule has 0 aliphatic carbocycles. The molecule has 2 aromatic rings. The van der Waals surface area contributed by atoms with Crippen molar-refractivity contribution < 1.29 is 14.2 Å². The summed E-state index contributed by atoms with van der Waals surface area (Å²) in [5, 5.41) is 0. The average Bonchev–Trinajstić information content (AvgIpc) is 2.63. The van der Waals surface area contributed by atoms with Crippen molar-refractivity contribution in [3.8, 4) is 17.5 Å². The molecule has 1 aromatic carbocycles. The van der Waals surface area contributed by atoms with E-state index in [0.29, 0.717) is 23.9 Å². The second kappa shape index (κ2) is 8.90. The van der Waals surface area contributed by atoms with Crippen LogP contribution < -0.4 is 14.2 Å². The summed E-state index contributed by atoms with van der Waals surface area (Å²) in [6.45, 7) is 8.22. The van der Waals surface area contributed by atoms with Gasteiger partial charge < -0.3 is 14.2 Å². The van der Waals surface area contributed by atoms with Crippen LogP contribution in [0.1, 0.15) is 23.6 Å².